The van der Waals surface area contributed by atoms with Gasteiger partial charge in [-0.15, -0.1) is 0 Å². The van der Waals surface area contributed by atoms with Crippen LogP contribution in [0.2, 0.25) is 0 Å². The van der Waals surface area contributed by atoms with Crippen molar-refractivity contribution in [2.45, 2.75) is 13.8 Å². The van der Waals surface area contributed by atoms with Crippen molar-refractivity contribution in [2.75, 3.05) is 5.73 Å². The van der Waals surface area contributed by atoms with E-state index in [1.54, 1.807) is 0 Å². The van der Waals surface area contributed by atoms with Crippen molar-refractivity contribution >= 4 is 5.69 Å². The molecule has 0 aliphatic carbocycles. The molecule has 0 saturated carbocycles. The van der Waals surface area contributed by atoms with Crippen LogP contribution in [0.5, 0.6) is 0 Å². The Kier molecular flexibility index (Phi) is 5.00. The Labute approximate surface area is 131 Å². The van der Waals surface area contributed by atoms with Crippen molar-refractivity contribution in [3.8, 4) is 17.3 Å². The summed E-state index contributed by atoms with van der Waals surface area (Å²) in [5, 5.41) is 8.81. The van der Waals surface area contributed by atoms with Crippen LogP contribution in [-0.4, -0.2) is 4.98 Å². The van der Waals surface area contributed by atoms with E-state index in [0.29, 0.717) is 5.56 Å². The number of aryl methyl sites for hydroxylation is 2. The summed E-state index contributed by atoms with van der Waals surface area (Å²) in [7, 11) is 0. The predicted octanol–water partition coefficient (Wildman–Crippen LogP) is 4.44. The van der Waals surface area contributed by atoms with Crippen LogP contribution in [-0.2, 0) is 0 Å². The van der Waals surface area contributed by atoms with Gasteiger partial charge in [-0.05, 0) is 37.6 Å². The second kappa shape index (κ2) is 7.14. The number of hydrogen-bond acceptors (Lipinski definition) is 2. The van der Waals surface area contributed by atoms with Gasteiger partial charge >= 0.3 is 0 Å². The molecule has 110 valence electrons. The third kappa shape index (κ3) is 4.00. The zero-order chi connectivity index (χ0) is 15.9. The second-order valence-electron chi connectivity index (χ2n) is 5.11. The number of benzene rings is 2. The average Bonchev–Trinajstić information content (AvgIpc) is 2.93. The fourth-order valence-electron chi connectivity index (χ4n) is 2.01. The van der Waals surface area contributed by atoms with E-state index in [0.717, 1.165) is 22.6 Å². The van der Waals surface area contributed by atoms with Crippen molar-refractivity contribution in [3.63, 3.8) is 0 Å². The van der Waals surface area contributed by atoms with Gasteiger partial charge in [-0.25, -0.2) is 0 Å². The molecule has 3 rings (SSSR count). The summed E-state index contributed by atoms with van der Waals surface area (Å²) in [5.74, 6) is 0. The van der Waals surface area contributed by atoms with Gasteiger partial charge in [0.15, 0.2) is 0 Å². The molecule has 0 saturated heterocycles. The normalized spacial score (nSPS) is 9.50. The summed E-state index contributed by atoms with van der Waals surface area (Å²) in [4.78, 5) is 3.19. The molecule has 0 spiro atoms. The van der Waals surface area contributed by atoms with E-state index in [4.69, 9.17) is 11.0 Å². The lowest BCUT2D eigenvalue weighted by Gasteiger charge is -1.95. The standard InChI is InChI=1S/C12H10N2.C7H9N/c1-9-11(8-13)7-12(14-9)10-5-3-2-4-6-10;1-6-2-4-7(8)5-3-6/h2-7,14H,1H3;2-5H,8H2,1H3. The molecule has 0 aliphatic heterocycles. The molecular weight excluding hydrogens is 270 g/mol. The minimum Gasteiger partial charge on any atom is -0.399 e. The number of nitrogen functional groups attached to an aromatic ring is 1. The first-order valence-corrected chi connectivity index (χ1v) is 7.07. The lowest BCUT2D eigenvalue weighted by Crippen LogP contribution is -1.81. The van der Waals surface area contributed by atoms with Gasteiger partial charge in [-0.1, -0.05) is 48.0 Å². The molecule has 0 aliphatic rings. The maximum absolute atomic E-state index is 8.81. The van der Waals surface area contributed by atoms with Crippen molar-refractivity contribution in [1.82, 2.24) is 4.98 Å². The summed E-state index contributed by atoms with van der Waals surface area (Å²) in [5.41, 5.74) is 11.2. The molecule has 0 radical (unpaired) electrons. The van der Waals surface area contributed by atoms with Crippen LogP contribution >= 0.6 is 0 Å². The largest absolute Gasteiger partial charge is 0.399 e. The minimum atomic E-state index is 0.712. The maximum atomic E-state index is 8.81. The van der Waals surface area contributed by atoms with Crippen molar-refractivity contribution < 1.29 is 0 Å². The molecular formula is C19H19N3. The van der Waals surface area contributed by atoms with Gasteiger partial charge in [-0.3, -0.25) is 0 Å². The third-order valence-corrected chi connectivity index (χ3v) is 3.30. The highest BCUT2D eigenvalue weighted by Gasteiger charge is 2.04. The lowest BCUT2D eigenvalue weighted by atomic mass is 10.1. The average molecular weight is 289 g/mol. The summed E-state index contributed by atoms with van der Waals surface area (Å²) >= 11 is 0. The van der Waals surface area contributed by atoms with Crippen LogP contribution in [0.4, 0.5) is 5.69 Å². The van der Waals surface area contributed by atoms with Gasteiger partial charge in [0.2, 0.25) is 0 Å². The van der Waals surface area contributed by atoms with E-state index in [1.165, 1.54) is 5.56 Å². The molecule has 3 aromatic rings. The summed E-state index contributed by atoms with van der Waals surface area (Å²) in [6, 6.07) is 21.8. The topological polar surface area (TPSA) is 65.6 Å². The molecule has 0 amide bonds. The predicted molar refractivity (Wildman–Crippen MR) is 91.3 cm³/mol. The second-order valence-corrected chi connectivity index (χ2v) is 5.11. The zero-order valence-electron chi connectivity index (χ0n) is 12.8. The van der Waals surface area contributed by atoms with Crippen LogP contribution in [0, 0.1) is 25.2 Å². The zero-order valence-corrected chi connectivity index (χ0v) is 12.8. The Morgan fingerprint density at radius 2 is 1.59 bits per heavy atom. The summed E-state index contributed by atoms with van der Waals surface area (Å²) < 4.78 is 0. The van der Waals surface area contributed by atoms with E-state index in [2.05, 4.69) is 11.1 Å². The van der Waals surface area contributed by atoms with Crippen LogP contribution < -0.4 is 5.73 Å². The van der Waals surface area contributed by atoms with E-state index < -0.39 is 0 Å². The Morgan fingerprint density at radius 1 is 0.955 bits per heavy atom. The third-order valence-electron chi connectivity index (χ3n) is 3.30. The number of H-pyrrole nitrogens is 1. The lowest BCUT2D eigenvalue weighted by molar-refractivity contribution is 1.25. The number of nitrogens with zero attached hydrogens (tertiary/aromatic N) is 1. The van der Waals surface area contributed by atoms with Gasteiger partial charge in [0, 0.05) is 17.1 Å². The number of nitrogens with two attached hydrogens (primary N) is 1. The van der Waals surface area contributed by atoms with Crippen LogP contribution in [0.25, 0.3) is 11.3 Å². The van der Waals surface area contributed by atoms with Crippen LogP contribution in [0.3, 0.4) is 0 Å². The van der Waals surface area contributed by atoms with Gasteiger partial charge in [0.25, 0.3) is 0 Å². The molecule has 3 nitrogen and oxygen atoms in total. The monoisotopic (exact) mass is 289 g/mol. The number of nitriles is 1. The number of aromatic nitrogens is 1. The Hall–Kier alpha value is -2.99. The first-order valence-electron chi connectivity index (χ1n) is 7.07. The smallest absolute Gasteiger partial charge is 0.101 e. The van der Waals surface area contributed by atoms with Crippen molar-refractivity contribution in [1.29, 1.82) is 5.26 Å². The molecule has 1 heterocycles. The molecule has 3 heteroatoms. The highest BCUT2D eigenvalue weighted by atomic mass is 14.7. The van der Waals surface area contributed by atoms with Crippen LogP contribution in [0.1, 0.15) is 16.8 Å². The molecule has 22 heavy (non-hydrogen) atoms. The first kappa shape index (κ1) is 15.4. The van der Waals surface area contributed by atoms with E-state index in [1.807, 2.05) is 74.5 Å². The molecule has 2 aromatic carbocycles. The summed E-state index contributed by atoms with van der Waals surface area (Å²) in [6.45, 7) is 3.95. The molecule has 0 fully saturated rings. The van der Waals surface area contributed by atoms with E-state index in [-0.39, 0.29) is 0 Å². The fourth-order valence-corrected chi connectivity index (χ4v) is 2.01. The fraction of sp³-hybridized carbons (Fsp3) is 0.105. The van der Waals surface area contributed by atoms with E-state index >= 15 is 0 Å². The number of anilines is 1. The minimum absolute atomic E-state index is 0.712. The highest BCUT2D eigenvalue weighted by Crippen LogP contribution is 2.20. The molecule has 1 aromatic heterocycles. The first-order chi connectivity index (χ1) is 10.6. The van der Waals surface area contributed by atoms with Crippen LogP contribution in [0.15, 0.2) is 60.7 Å². The van der Waals surface area contributed by atoms with Crippen molar-refractivity contribution in [2.24, 2.45) is 0 Å². The van der Waals surface area contributed by atoms with Crippen molar-refractivity contribution in [3.05, 3.63) is 77.5 Å². The Balaban J connectivity index is 0.000000188. The summed E-state index contributed by atoms with van der Waals surface area (Å²) in [6.07, 6.45) is 0. The molecule has 3 N–H and O–H groups in total. The molecule has 0 bridgehead atoms. The van der Waals surface area contributed by atoms with Gasteiger partial charge < -0.3 is 10.7 Å². The number of aromatic amines is 1. The maximum Gasteiger partial charge on any atom is 0.101 e. The SMILES string of the molecule is Cc1[nH]c(-c2ccccc2)cc1C#N.Cc1ccc(N)cc1. The Morgan fingerprint density at radius 3 is 2.09 bits per heavy atom. The molecule has 0 atom stereocenters. The number of hydrogen-bond donors (Lipinski definition) is 2. The molecule has 0 unspecified atom stereocenters. The van der Waals surface area contributed by atoms with Gasteiger partial charge in [-0.2, -0.15) is 5.26 Å². The van der Waals surface area contributed by atoms with Gasteiger partial charge in [0.1, 0.15) is 6.07 Å². The number of nitrogens with one attached hydrogen (secondary N) is 1. The number of rotatable bonds is 1. The van der Waals surface area contributed by atoms with Gasteiger partial charge in [0.05, 0.1) is 5.56 Å². The van der Waals surface area contributed by atoms with E-state index in [9.17, 15) is 0 Å². The Bertz CT molecular complexity index is 742. The quantitative estimate of drug-likeness (QED) is 0.650. The highest BCUT2D eigenvalue weighted by molar-refractivity contribution is 5.62.